The third-order valence-electron chi connectivity index (χ3n) is 3.66. The second-order valence-electron chi connectivity index (χ2n) is 5.26. The smallest absolute Gasteiger partial charge is 0.162 e. The molecule has 1 atom stereocenters. The van der Waals surface area contributed by atoms with E-state index in [1.165, 1.54) is 27.7 Å². The number of aromatic nitrogens is 5. The molecule has 0 saturated carbocycles. The van der Waals surface area contributed by atoms with Gasteiger partial charge in [0.1, 0.15) is 23.1 Å². The molecule has 4 aromatic rings. The van der Waals surface area contributed by atoms with E-state index in [0.717, 1.165) is 18.2 Å². The summed E-state index contributed by atoms with van der Waals surface area (Å²) in [5, 5.41) is 21.3. The molecular weight excluding hydrogens is 330 g/mol. The number of rotatable bonds is 4. The monoisotopic (exact) mass is 342 g/mol. The molecule has 0 saturated heterocycles. The minimum absolute atomic E-state index is 0.0716. The van der Waals surface area contributed by atoms with Crippen LogP contribution in [-0.2, 0) is 0 Å². The van der Waals surface area contributed by atoms with Gasteiger partial charge in [0.2, 0.25) is 0 Å². The third-order valence-corrected chi connectivity index (χ3v) is 3.66. The summed E-state index contributed by atoms with van der Waals surface area (Å²) in [7, 11) is 0. The molecule has 0 bridgehead atoms. The third kappa shape index (κ3) is 2.70. The standard InChI is InChI=1S/C16H12F2N6O/c17-10-2-3-12(18)13(8-10)24-14(4-6-20-24)22-16(25)11-9-21-23-7-1-5-19-15(11)23/h1-9,16,22,25H. The van der Waals surface area contributed by atoms with Crippen LogP contribution in [0.3, 0.4) is 0 Å². The van der Waals surface area contributed by atoms with Gasteiger partial charge in [-0.25, -0.2) is 23.0 Å². The number of nitrogens with zero attached hydrogens (tertiary/aromatic N) is 5. The van der Waals surface area contributed by atoms with E-state index in [-0.39, 0.29) is 11.5 Å². The molecule has 3 heterocycles. The zero-order valence-electron chi connectivity index (χ0n) is 12.7. The summed E-state index contributed by atoms with van der Waals surface area (Å²) in [6.07, 6.45) is 5.00. The van der Waals surface area contributed by atoms with E-state index in [1.54, 1.807) is 18.5 Å². The Morgan fingerprint density at radius 1 is 1.12 bits per heavy atom. The topological polar surface area (TPSA) is 80.3 Å². The van der Waals surface area contributed by atoms with Gasteiger partial charge in [-0.1, -0.05) is 0 Å². The number of aliphatic hydroxyl groups is 1. The fourth-order valence-corrected chi connectivity index (χ4v) is 2.51. The van der Waals surface area contributed by atoms with E-state index in [0.29, 0.717) is 11.2 Å². The first-order chi connectivity index (χ1) is 12.1. The van der Waals surface area contributed by atoms with Gasteiger partial charge in [0, 0.05) is 24.5 Å². The summed E-state index contributed by atoms with van der Waals surface area (Å²) >= 11 is 0. The zero-order valence-corrected chi connectivity index (χ0v) is 12.7. The SMILES string of the molecule is OC(Nc1ccnn1-c1cc(F)ccc1F)c1cnn2cccnc12. The Hall–Kier alpha value is -3.33. The maximum Gasteiger partial charge on any atom is 0.162 e. The molecule has 1 aromatic carbocycles. The van der Waals surface area contributed by atoms with Crippen molar-refractivity contribution < 1.29 is 13.9 Å². The number of nitrogens with one attached hydrogen (secondary N) is 1. The molecule has 2 N–H and O–H groups in total. The van der Waals surface area contributed by atoms with Gasteiger partial charge in [0.25, 0.3) is 0 Å². The van der Waals surface area contributed by atoms with E-state index in [4.69, 9.17) is 0 Å². The molecule has 0 radical (unpaired) electrons. The molecule has 126 valence electrons. The minimum atomic E-state index is -1.17. The van der Waals surface area contributed by atoms with Crippen molar-refractivity contribution in [2.24, 2.45) is 0 Å². The number of benzene rings is 1. The fourth-order valence-electron chi connectivity index (χ4n) is 2.51. The Balaban J connectivity index is 1.68. The lowest BCUT2D eigenvalue weighted by Crippen LogP contribution is -2.14. The Morgan fingerprint density at radius 3 is 2.88 bits per heavy atom. The number of anilines is 1. The van der Waals surface area contributed by atoms with Crippen LogP contribution in [0.5, 0.6) is 0 Å². The molecule has 25 heavy (non-hydrogen) atoms. The lowest BCUT2D eigenvalue weighted by molar-refractivity contribution is 0.208. The predicted octanol–water partition coefficient (Wildman–Crippen LogP) is 2.30. The average molecular weight is 342 g/mol. The number of fused-ring (bicyclic) bond motifs is 1. The van der Waals surface area contributed by atoms with Crippen LogP contribution in [0.4, 0.5) is 14.6 Å². The molecule has 0 amide bonds. The van der Waals surface area contributed by atoms with Gasteiger partial charge in [0.15, 0.2) is 11.9 Å². The van der Waals surface area contributed by atoms with Crippen LogP contribution in [0.1, 0.15) is 11.8 Å². The maximum atomic E-state index is 14.0. The van der Waals surface area contributed by atoms with Crippen molar-refractivity contribution in [3.63, 3.8) is 0 Å². The first-order valence-corrected chi connectivity index (χ1v) is 7.36. The lowest BCUT2D eigenvalue weighted by atomic mass is 10.3. The first-order valence-electron chi connectivity index (χ1n) is 7.36. The van der Waals surface area contributed by atoms with E-state index in [9.17, 15) is 13.9 Å². The summed E-state index contributed by atoms with van der Waals surface area (Å²) < 4.78 is 30.1. The summed E-state index contributed by atoms with van der Waals surface area (Å²) in [6, 6.07) is 6.31. The van der Waals surface area contributed by atoms with Crippen molar-refractivity contribution >= 4 is 11.5 Å². The van der Waals surface area contributed by atoms with Crippen LogP contribution in [0, 0.1) is 11.6 Å². The van der Waals surface area contributed by atoms with Crippen molar-refractivity contribution in [3.8, 4) is 5.69 Å². The molecule has 1 unspecified atom stereocenters. The van der Waals surface area contributed by atoms with E-state index >= 15 is 0 Å². The summed E-state index contributed by atoms with van der Waals surface area (Å²) in [5.74, 6) is -0.946. The summed E-state index contributed by atoms with van der Waals surface area (Å²) in [5.41, 5.74) is 0.844. The lowest BCUT2D eigenvalue weighted by Gasteiger charge is -2.15. The van der Waals surface area contributed by atoms with E-state index < -0.39 is 17.9 Å². The molecule has 0 fully saturated rings. The molecule has 3 aromatic heterocycles. The van der Waals surface area contributed by atoms with E-state index in [1.807, 2.05) is 0 Å². The van der Waals surface area contributed by atoms with Gasteiger partial charge in [-0.2, -0.15) is 10.2 Å². The quantitative estimate of drug-likeness (QED) is 0.556. The Kier molecular flexibility index (Phi) is 3.62. The van der Waals surface area contributed by atoms with Crippen LogP contribution in [0.2, 0.25) is 0 Å². The van der Waals surface area contributed by atoms with Gasteiger partial charge >= 0.3 is 0 Å². The van der Waals surface area contributed by atoms with Gasteiger partial charge < -0.3 is 10.4 Å². The number of hydrogen-bond donors (Lipinski definition) is 2. The second-order valence-corrected chi connectivity index (χ2v) is 5.26. The van der Waals surface area contributed by atoms with Crippen molar-refractivity contribution in [3.05, 3.63) is 72.3 Å². The minimum Gasteiger partial charge on any atom is -0.369 e. The molecule has 0 aliphatic carbocycles. The Labute approximate surface area is 140 Å². The van der Waals surface area contributed by atoms with Crippen LogP contribution >= 0.6 is 0 Å². The Bertz CT molecular complexity index is 1040. The molecule has 7 nitrogen and oxygen atoms in total. The van der Waals surface area contributed by atoms with Gasteiger partial charge in [-0.15, -0.1) is 0 Å². The van der Waals surface area contributed by atoms with Crippen LogP contribution in [0.15, 0.2) is 55.1 Å². The molecule has 0 spiro atoms. The summed E-state index contributed by atoms with van der Waals surface area (Å²) in [4.78, 5) is 4.17. The summed E-state index contributed by atoms with van der Waals surface area (Å²) in [6.45, 7) is 0. The van der Waals surface area contributed by atoms with Crippen LogP contribution in [0.25, 0.3) is 11.3 Å². The molecule has 0 aliphatic rings. The average Bonchev–Trinajstić information content (AvgIpc) is 3.23. The highest BCUT2D eigenvalue weighted by Gasteiger charge is 2.18. The van der Waals surface area contributed by atoms with Gasteiger partial charge in [0.05, 0.1) is 18.0 Å². The number of hydrogen-bond acceptors (Lipinski definition) is 5. The normalized spacial score (nSPS) is 12.4. The fraction of sp³-hybridized carbons (Fsp3) is 0.0625. The van der Waals surface area contributed by atoms with Crippen molar-refractivity contribution in [2.45, 2.75) is 6.23 Å². The molecule has 4 rings (SSSR count). The zero-order chi connectivity index (χ0) is 17.4. The largest absolute Gasteiger partial charge is 0.369 e. The maximum absolute atomic E-state index is 14.0. The highest BCUT2D eigenvalue weighted by Crippen LogP contribution is 2.23. The number of halogens is 2. The van der Waals surface area contributed by atoms with Crippen LogP contribution in [-0.4, -0.2) is 29.5 Å². The predicted molar refractivity (Wildman–Crippen MR) is 85.0 cm³/mol. The highest BCUT2D eigenvalue weighted by molar-refractivity contribution is 5.51. The van der Waals surface area contributed by atoms with Crippen molar-refractivity contribution in [1.82, 2.24) is 24.4 Å². The molecular formula is C16H12F2N6O. The molecule has 0 aliphatic heterocycles. The second kappa shape index (κ2) is 5.95. The van der Waals surface area contributed by atoms with E-state index in [2.05, 4.69) is 20.5 Å². The highest BCUT2D eigenvalue weighted by atomic mass is 19.1. The van der Waals surface area contributed by atoms with Crippen molar-refractivity contribution in [1.29, 1.82) is 0 Å². The van der Waals surface area contributed by atoms with Crippen LogP contribution < -0.4 is 5.32 Å². The first kappa shape index (κ1) is 15.2. The molecule has 9 heteroatoms. The van der Waals surface area contributed by atoms with Crippen molar-refractivity contribution in [2.75, 3.05) is 5.32 Å². The Morgan fingerprint density at radius 2 is 2.00 bits per heavy atom. The van der Waals surface area contributed by atoms with Gasteiger partial charge in [-0.05, 0) is 18.2 Å². The number of aliphatic hydroxyl groups excluding tert-OH is 1. The van der Waals surface area contributed by atoms with Gasteiger partial charge in [-0.3, -0.25) is 0 Å².